The van der Waals surface area contributed by atoms with Gasteiger partial charge in [-0.05, 0) is 42.9 Å². The molecule has 0 bridgehead atoms. The molecule has 1 N–H and O–H groups in total. The second kappa shape index (κ2) is 12.3. The van der Waals surface area contributed by atoms with Gasteiger partial charge in [0.2, 0.25) is 5.91 Å². The molecule has 0 unspecified atom stereocenters. The Morgan fingerprint density at radius 2 is 1.71 bits per heavy atom. The van der Waals surface area contributed by atoms with Gasteiger partial charge in [-0.3, -0.25) is 9.36 Å². The SMILES string of the molecule is CC(C)CCNC(=O)CCCCSc1nnc(Cc2ccccc2)n1-c1ccccc1. The molecule has 1 heterocycles. The predicted molar refractivity (Wildman–Crippen MR) is 128 cm³/mol. The summed E-state index contributed by atoms with van der Waals surface area (Å²) in [6.45, 7) is 5.11. The summed E-state index contributed by atoms with van der Waals surface area (Å²) in [4.78, 5) is 11.9. The molecule has 164 valence electrons. The highest BCUT2D eigenvalue weighted by molar-refractivity contribution is 7.99. The number of nitrogens with one attached hydrogen (secondary N) is 1. The average molecular weight is 437 g/mol. The van der Waals surface area contributed by atoms with E-state index < -0.39 is 0 Å². The number of thioether (sulfide) groups is 1. The van der Waals surface area contributed by atoms with Crippen molar-refractivity contribution < 1.29 is 4.79 Å². The fourth-order valence-electron chi connectivity index (χ4n) is 3.26. The van der Waals surface area contributed by atoms with Gasteiger partial charge in [-0.2, -0.15) is 0 Å². The zero-order valence-corrected chi connectivity index (χ0v) is 19.3. The molecule has 31 heavy (non-hydrogen) atoms. The van der Waals surface area contributed by atoms with Gasteiger partial charge in [0.1, 0.15) is 5.82 Å². The van der Waals surface area contributed by atoms with Crippen LogP contribution in [0.2, 0.25) is 0 Å². The zero-order valence-electron chi connectivity index (χ0n) is 18.5. The van der Waals surface area contributed by atoms with Crippen molar-refractivity contribution >= 4 is 17.7 Å². The third-order valence-electron chi connectivity index (χ3n) is 4.99. The first kappa shape index (κ1) is 23.1. The van der Waals surface area contributed by atoms with E-state index in [2.05, 4.69) is 58.2 Å². The molecule has 2 aromatic carbocycles. The van der Waals surface area contributed by atoms with Crippen LogP contribution in [-0.2, 0) is 11.2 Å². The van der Waals surface area contributed by atoms with Crippen LogP contribution in [0.15, 0.2) is 65.8 Å². The molecule has 0 spiro atoms. The average Bonchev–Trinajstić information content (AvgIpc) is 3.17. The largest absolute Gasteiger partial charge is 0.356 e. The first-order valence-electron chi connectivity index (χ1n) is 11.1. The van der Waals surface area contributed by atoms with Gasteiger partial charge in [-0.1, -0.05) is 74.1 Å². The molecule has 0 atom stereocenters. The Hall–Kier alpha value is -2.60. The van der Waals surface area contributed by atoms with E-state index in [1.165, 1.54) is 5.56 Å². The Balaban J connectivity index is 1.55. The molecular weight excluding hydrogens is 404 g/mol. The lowest BCUT2D eigenvalue weighted by Gasteiger charge is -2.10. The number of carbonyl (C=O) groups is 1. The van der Waals surface area contributed by atoms with Crippen LogP contribution in [0.5, 0.6) is 0 Å². The Kier molecular flexibility index (Phi) is 9.16. The normalized spacial score (nSPS) is 11.1. The van der Waals surface area contributed by atoms with Crippen LogP contribution >= 0.6 is 11.8 Å². The van der Waals surface area contributed by atoms with Crippen molar-refractivity contribution in [2.24, 2.45) is 5.92 Å². The monoisotopic (exact) mass is 436 g/mol. The summed E-state index contributed by atoms with van der Waals surface area (Å²) in [6.07, 6.45) is 4.21. The van der Waals surface area contributed by atoms with E-state index in [1.54, 1.807) is 11.8 Å². The highest BCUT2D eigenvalue weighted by Gasteiger charge is 2.15. The van der Waals surface area contributed by atoms with E-state index in [1.807, 2.05) is 36.4 Å². The lowest BCUT2D eigenvalue weighted by molar-refractivity contribution is -0.121. The Morgan fingerprint density at radius 3 is 2.42 bits per heavy atom. The quantitative estimate of drug-likeness (QED) is 0.310. The number of amides is 1. The van der Waals surface area contributed by atoms with Crippen molar-refractivity contribution in [2.75, 3.05) is 12.3 Å². The number of rotatable bonds is 12. The fourth-order valence-corrected chi connectivity index (χ4v) is 4.23. The van der Waals surface area contributed by atoms with Crippen LogP contribution in [0.3, 0.4) is 0 Å². The van der Waals surface area contributed by atoms with Crippen LogP contribution in [0.25, 0.3) is 5.69 Å². The van der Waals surface area contributed by atoms with Crippen molar-refractivity contribution in [1.82, 2.24) is 20.1 Å². The lowest BCUT2D eigenvalue weighted by atomic mass is 10.1. The van der Waals surface area contributed by atoms with Gasteiger partial charge < -0.3 is 5.32 Å². The number of hydrogen-bond donors (Lipinski definition) is 1. The molecule has 0 radical (unpaired) electrons. The van der Waals surface area contributed by atoms with E-state index >= 15 is 0 Å². The van der Waals surface area contributed by atoms with Gasteiger partial charge in [-0.25, -0.2) is 0 Å². The summed E-state index contributed by atoms with van der Waals surface area (Å²) in [7, 11) is 0. The minimum atomic E-state index is 0.156. The molecule has 1 aromatic heterocycles. The van der Waals surface area contributed by atoms with Gasteiger partial charge in [0.15, 0.2) is 5.16 Å². The highest BCUT2D eigenvalue weighted by atomic mass is 32.2. The zero-order chi connectivity index (χ0) is 21.9. The van der Waals surface area contributed by atoms with E-state index in [-0.39, 0.29) is 5.91 Å². The van der Waals surface area contributed by atoms with Crippen LogP contribution in [0.4, 0.5) is 0 Å². The molecular formula is C25H32N4OS. The van der Waals surface area contributed by atoms with Crippen molar-refractivity contribution in [3.63, 3.8) is 0 Å². The Bertz CT molecular complexity index is 925. The highest BCUT2D eigenvalue weighted by Crippen LogP contribution is 2.24. The van der Waals surface area contributed by atoms with E-state index in [4.69, 9.17) is 0 Å². The van der Waals surface area contributed by atoms with E-state index in [0.717, 1.165) is 54.6 Å². The molecule has 5 nitrogen and oxygen atoms in total. The second-order valence-electron chi connectivity index (χ2n) is 8.07. The molecule has 0 fully saturated rings. The van der Waals surface area contributed by atoms with Gasteiger partial charge >= 0.3 is 0 Å². The minimum Gasteiger partial charge on any atom is -0.356 e. The molecule has 0 saturated carbocycles. The molecule has 0 saturated heterocycles. The van der Waals surface area contributed by atoms with E-state index in [9.17, 15) is 4.79 Å². The number of unbranched alkanes of at least 4 members (excludes halogenated alkanes) is 1. The van der Waals surface area contributed by atoms with Crippen molar-refractivity contribution in [2.45, 2.75) is 51.1 Å². The standard InChI is InChI=1S/C25H32N4OS/c1-20(2)16-17-26-24(30)15-9-10-18-31-25-28-27-23(19-21-11-5-3-6-12-21)29(25)22-13-7-4-8-14-22/h3-8,11-14,20H,9-10,15-19H2,1-2H3,(H,26,30). The molecule has 0 aliphatic carbocycles. The number of nitrogens with zero attached hydrogens (tertiary/aromatic N) is 3. The molecule has 3 aromatic rings. The summed E-state index contributed by atoms with van der Waals surface area (Å²) in [5, 5.41) is 12.9. The van der Waals surface area contributed by atoms with Crippen LogP contribution < -0.4 is 5.32 Å². The topological polar surface area (TPSA) is 59.8 Å². The number of carbonyl (C=O) groups excluding carboxylic acids is 1. The second-order valence-corrected chi connectivity index (χ2v) is 9.13. The fraction of sp³-hybridized carbons (Fsp3) is 0.400. The van der Waals surface area contributed by atoms with Crippen LogP contribution in [0, 0.1) is 5.92 Å². The number of hydrogen-bond acceptors (Lipinski definition) is 4. The molecule has 0 aliphatic heterocycles. The summed E-state index contributed by atoms with van der Waals surface area (Å²) in [5.41, 5.74) is 2.29. The number of benzene rings is 2. The Labute approximate surface area is 189 Å². The number of para-hydroxylation sites is 1. The molecule has 3 rings (SSSR count). The lowest BCUT2D eigenvalue weighted by Crippen LogP contribution is -2.24. The summed E-state index contributed by atoms with van der Waals surface area (Å²) in [5.74, 6) is 2.62. The summed E-state index contributed by atoms with van der Waals surface area (Å²) in [6, 6.07) is 20.6. The maximum Gasteiger partial charge on any atom is 0.219 e. The van der Waals surface area contributed by atoms with Crippen LogP contribution in [-0.4, -0.2) is 33.0 Å². The maximum absolute atomic E-state index is 11.9. The van der Waals surface area contributed by atoms with Crippen LogP contribution in [0.1, 0.15) is 50.9 Å². The predicted octanol–water partition coefficient (Wildman–Crippen LogP) is 5.28. The third-order valence-corrected chi connectivity index (χ3v) is 6.01. The van der Waals surface area contributed by atoms with Gasteiger partial charge in [0, 0.05) is 30.8 Å². The third kappa shape index (κ3) is 7.55. The smallest absolute Gasteiger partial charge is 0.219 e. The molecule has 1 amide bonds. The van der Waals surface area contributed by atoms with E-state index in [0.29, 0.717) is 12.3 Å². The summed E-state index contributed by atoms with van der Waals surface area (Å²) >= 11 is 1.70. The maximum atomic E-state index is 11.9. The first-order chi connectivity index (χ1) is 15.1. The minimum absolute atomic E-state index is 0.156. The number of aromatic nitrogens is 3. The Morgan fingerprint density at radius 1 is 1.00 bits per heavy atom. The molecule has 6 heteroatoms. The van der Waals surface area contributed by atoms with Gasteiger partial charge in [0.05, 0.1) is 0 Å². The van der Waals surface area contributed by atoms with Crippen molar-refractivity contribution in [3.8, 4) is 5.69 Å². The first-order valence-corrected chi connectivity index (χ1v) is 12.0. The molecule has 0 aliphatic rings. The van der Waals surface area contributed by atoms with Crippen molar-refractivity contribution in [1.29, 1.82) is 0 Å². The summed E-state index contributed by atoms with van der Waals surface area (Å²) < 4.78 is 2.15. The van der Waals surface area contributed by atoms with Gasteiger partial charge in [-0.15, -0.1) is 10.2 Å². The van der Waals surface area contributed by atoms with Crippen molar-refractivity contribution in [3.05, 3.63) is 72.1 Å². The van der Waals surface area contributed by atoms with Gasteiger partial charge in [0.25, 0.3) is 0 Å².